The van der Waals surface area contributed by atoms with Gasteiger partial charge in [-0.05, 0) is 24.6 Å². The predicted octanol–water partition coefficient (Wildman–Crippen LogP) is -1.07. The average Bonchev–Trinajstić information content (AvgIpc) is 2.61. The molecule has 1 aromatic carbocycles. The van der Waals surface area contributed by atoms with Crippen molar-refractivity contribution in [2.24, 2.45) is 0 Å². The van der Waals surface area contributed by atoms with Gasteiger partial charge in [0.05, 0.1) is 19.8 Å². The standard InChI is InChI=1S/C16H24O8/c1-8(12(18)9-3-5-10(22-2)6-4-9)23-16-15(21)14(20)13(19)11(7-17)24-16/h3-6,8,11-21H,7H2,1-2H3/t8-,11-,12+,13-,14+,15-,16-/m0/s1. The van der Waals surface area contributed by atoms with E-state index < -0.39 is 49.5 Å². The van der Waals surface area contributed by atoms with E-state index in [1.807, 2.05) is 0 Å². The van der Waals surface area contributed by atoms with Gasteiger partial charge in [-0.1, -0.05) is 12.1 Å². The highest BCUT2D eigenvalue weighted by atomic mass is 16.7. The van der Waals surface area contributed by atoms with Crippen LogP contribution < -0.4 is 4.74 Å². The van der Waals surface area contributed by atoms with Gasteiger partial charge in [-0.3, -0.25) is 0 Å². The van der Waals surface area contributed by atoms with Crippen molar-refractivity contribution < 1.29 is 39.7 Å². The second-order valence-corrected chi connectivity index (χ2v) is 5.76. The van der Waals surface area contributed by atoms with Crippen LogP contribution in [0.4, 0.5) is 0 Å². The third-order valence-corrected chi connectivity index (χ3v) is 4.10. The number of hydrogen-bond donors (Lipinski definition) is 5. The first-order valence-electron chi connectivity index (χ1n) is 7.67. The van der Waals surface area contributed by atoms with Gasteiger partial charge in [0.15, 0.2) is 6.29 Å². The van der Waals surface area contributed by atoms with Gasteiger partial charge in [0.2, 0.25) is 0 Å². The molecule has 1 aliphatic rings. The Hall–Kier alpha value is -1.26. The number of benzene rings is 1. The van der Waals surface area contributed by atoms with Crippen molar-refractivity contribution in [2.45, 2.75) is 49.8 Å². The predicted molar refractivity (Wildman–Crippen MR) is 82.3 cm³/mol. The smallest absolute Gasteiger partial charge is 0.187 e. The highest BCUT2D eigenvalue weighted by Crippen LogP contribution is 2.27. The molecule has 8 heteroatoms. The molecule has 1 aliphatic heterocycles. The van der Waals surface area contributed by atoms with Gasteiger partial charge in [0.1, 0.15) is 36.3 Å². The summed E-state index contributed by atoms with van der Waals surface area (Å²) in [6.45, 7) is 1.04. The first-order valence-corrected chi connectivity index (χ1v) is 7.67. The van der Waals surface area contributed by atoms with Crippen molar-refractivity contribution in [1.82, 2.24) is 0 Å². The Labute approximate surface area is 139 Å². The monoisotopic (exact) mass is 344 g/mol. The van der Waals surface area contributed by atoms with E-state index in [0.29, 0.717) is 11.3 Å². The third-order valence-electron chi connectivity index (χ3n) is 4.10. The lowest BCUT2D eigenvalue weighted by Crippen LogP contribution is -2.59. The maximum absolute atomic E-state index is 10.3. The summed E-state index contributed by atoms with van der Waals surface area (Å²) in [5, 5.41) is 48.9. The van der Waals surface area contributed by atoms with Crippen molar-refractivity contribution in [2.75, 3.05) is 13.7 Å². The van der Waals surface area contributed by atoms with E-state index in [4.69, 9.17) is 19.3 Å². The van der Waals surface area contributed by atoms with Crippen LogP contribution in [0.1, 0.15) is 18.6 Å². The van der Waals surface area contributed by atoms with E-state index in [1.54, 1.807) is 31.2 Å². The molecule has 0 saturated carbocycles. The molecule has 0 spiro atoms. The lowest BCUT2D eigenvalue weighted by Gasteiger charge is -2.41. The highest BCUT2D eigenvalue weighted by molar-refractivity contribution is 5.28. The second kappa shape index (κ2) is 8.21. The Morgan fingerprint density at radius 2 is 1.71 bits per heavy atom. The van der Waals surface area contributed by atoms with Gasteiger partial charge in [-0.2, -0.15) is 0 Å². The minimum atomic E-state index is -1.52. The van der Waals surface area contributed by atoms with Gasteiger partial charge in [0, 0.05) is 0 Å². The van der Waals surface area contributed by atoms with E-state index in [2.05, 4.69) is 0 Å². The molecule has 5 N–H and O–H groups in total. The summed E-state index contributed by atoms with van der Waals surface area (Å²) in [5.74, 6) is 0.647. The Morgan fingerprint density at radius 3 is 2.25 bits per heavy atom. The van der Waals surface area contributed by atoms with Crippen LogP contribution in [-0.4, -0.2) is 76.1 Å². The number of aliphatic hydroxyl groups excluding tert-OH is 5. The van der Waals surface area contributed by atoms with E-state index in [1.165, 1.54) is 7.11 Å². The lowest BCUT2D eigenvalue weighted by atomic mass is 9.99. The Balaban J connectivity index is 2.02. The molecule has 24 heavy (non-hydrogen) atoms. The Morgan fingerprint density at radius 1 is 1.08 bits per heavy atom. The number of ether oxygens (including phenoxy) is 3. The highest BCUT2D eigenvalue weighted by Gasteiger charge is 2.44. The summed E-state index contributed by atoms with van der Waals surface area (Å²) in [4.78, 5) is 0. The van der Waals surface area contributed by atoms with Gasteiger partial charge in [0.25, 0.3) is 0 Å². The van der Waals surface area contributed by atoms with Crippen molar-refractivity contribution in [3.8, 4) is 5.75 Å². The molecule has 0 radical (unpaired) electrons. The van der Waals surface area contributed by atoms with Crippen LogP contribution in [0.3, 0.4) is 0 Å². The summed E-state index contributed by atoms with van der Waals surface area (Å²) in [5.41, 5.74) is 0.577. The van der Waals surface area contributed by atoms with Gasteiger partial charge in [-0.25, -0.2) is 0 Å². The van der Waals surface area contributed by atoms with Gasteiger partial charge < -0.3 is 39.7 Å². The lowest BCUT2D eigenvalue weighted by molar-refractivity contribution is -0.315. The molecule has 8 nitrogen and oxygen atoms in total. The number of aliphatic hydroxyl groups is 5. The molecule has 0 bridgehead atoms. The summed E-state index contributed by atoms with van der Waals surface area (Å²) in [6, 6.07) is 6.74. The molecular weight excluding hydrogens is 320 g/mol. The summed E-state index contributed by atoms with van der Waals surface area (Å²) in [6.07, 6.45) is -8.61. The zero-order valence-corrected chi connectivity index (χ0v) is 13.5. The zero-order valence-electron chi connectivity index (χ0n) is 13.5. The molecule has 1 heterocycles. The van der Waals surface area contributed by atoms with Crippen LogP contribution >= 0.6 is 0 Å². The molecule has 7 atom stereocenters. The SMILES string of the molecule is COc1ccc([C@H](O)[C@H](C)O[C@H]2O[C@@H](CO)[C@H](O)[C@@H](O)[C@@H]2O)cc1. The molecule has 0 unspecified atom stereocenters. The van der Waals surface area contributed by atoms with E-state index in [9.17, 15) is 20.4 Å². The van der Waals surface area contributed by atoms with E-state index >= 15 is 0 Å². The van der Waals surface area contributed by atoms with Crippen LogP contribution in [0.15, 0.2) is 24.3 Å². The molecule has 0 aliphatic carbocycles. The number of hydrogen-bond acceptors (Lipinski definition) is 8. The zero-order chi connectivity index (χ0) is 17.9. The third kappa shape index (κ3) is 4.04. The topological polar surface area (TPSA) is 129 Å². The molecule has 136 valence electrons. The fraction of sp³-hybridized carbons (Fsp3) is 0.625. The Kier molecular flexibility index (Phi) is 6.53. The normalized spacial score (nSPS) is 33.0. The maximum atomic E-state index is 10.3. The largest absolute Gasteiger partial charge is 0.497 e. The average molecular weight is 344 g/mol. The molecule has 1 saturated heterocycles. The summed E-state index contributed by atoms with van der Waals surface area (Å²) in [7, 11) is 1.54. The first-order chi connectivity index (χ1) is 11.4. The van der Waals surface area contributed by atoms with Gasteiger partial charge in [-0.15, -0.1) is 0 Å². The van der Waals surface area contributed by atoms with E-state index in [0.717, 1.165) is 0 Å². The van der Waals surface area contributed by atoms with Crippen LogP contribution in [0, 0.1) is 0 Å². The fourth-order valence-electron chi connectivity index (χ4n) is 2.54. The number of methoxy groups -OCH3 is 1. The summed E-state index contributed by atoms with van der Waals surface area (Å²) < 4.78 is 15.8. The molecule has 0 amide bonds. The second-order valence-electron chi connectivity index (χ2n) is 5.76. The van der Waals surface area contributed by atoms with Crippen LogP contribution in [0.5, 0.6) is 5.75 Å². The maximum Gasteiger partial charge on any atom is 0.187 e. The van der Waals surface area contributed by atoms with Gasteiger partial charge >= 0.3 is 0 Å². The first kappa shape index (κ1) is 19.1. The molecule has 1 aromatic rings. The molecule has 0 aromatic heterocycles. The van der Waals surface area contributed by atoms with Crippen LogP contribution in [-0.2, 0) is 9.47 Å². The molecule has 2 rings (SSSR count). The van der Waals surface area contributed by atoms with Crippen molar-refractivity contribution in [3.05, 3.63) is 29.8 Å². The van der Waals surface area contributed by atoms with Crippen molar-refractivity contribution in [3.63, 3.8) is 0 Å². The molecular formula is C16H24O8. The Bertz CT molecular complexity index is 505. The molecule has 1 fully saturated rings. The quantitative estimate of drug-likeness (QED) is 0.441. The minimum Gasteiger partial charge on any atom is -0.497 e. The van der Waals surface area contributed by atoms with Crippen LogP contribution in [0.25, 0.3) is 0 Å². The van der Waals surface area contributed by atoms with Crippen molar-refractivity contribution in [1.29, 1.82) is 0 Å². The van der Waals surface area contributed by atoms with E-state index in [-0.39, 0.29) is 0 Å². The fourth-order valence-corrected chi connectivity index (χ4v) is 2.54. The minimum absolute atomic E-state index is 0.541. The van der Waals surface area contributed by atoms with Crippen molar-refractivity contribution >= 4 is 0 Å². The van der Waals surface area contributed by atoms with Crippen LogP contribution in [0.2, 0.25) is 0 Å². The summed E-state index contributed by atoms with van der Waals surface area (Å²) >= 11 is 0. The number of rotatable bonds is 6.